The maximum Gasteiger partial charge on any atom is 0.286 e. The summed E-state index contributed by atoms with van der Waals surface area (Å²) in [4.78, 5) is 26.9. The Labute approximate surface area is 188 Å². The van der Waals surface area contributed by atoms with Crippen molar-refractivity contribution in [3.63, 3.8) is 0 Å². The first kappa shape index (κ1) is 23.3. The molecule has 1 aromatic carbocycles. The second kappa shape index (κ2) is 12.5. The minimum Gasteiger partial charge on any atom is -0.356 e. The summed E-state index contributed by atoms with van der Waals surface area (Å²) in [6.45, 7) is 6.19. The van der Waals surface area contributed by atoms with Crippen molar-refractivity contribution in [1.29, 1.82) is 0 Å². The number of nitrogens with zero attached hydrogens (tertiary/aromatic N) is 3. The van der Waals surface area contributed by atoms with E-state index in [4.69, 9.17) is 0 Å². The van der Waals surface area contributed by atoms with Gasteiger partial charge in [-0.3, -0.25) is 9.59 Å². The summed E-state index contributed by atoms with van der Waals surface area (Å²) in [7, 11) is 0. The molecule has 1 aliphatic heterocycles. The van der Waals surface area contributed by atoms with Gasteiger partial charge in [-0.15, -0.1) is 10.2 Å². The van der Waals surface area contributed by atoms with Crippen molar-refractivity contribution >= 4 is 28.8 Å². The fourth-order valence-electron chi connectivity index (χ4n) is 3.65. The van der Waals surface area contributed by atoms with E-state index in [0.29, 0.717) is 24.3 Å². The van der Waals surface area contributed by atoms with Crippen molar-refractivity contribution in [1.82, 2.24) is 20.4 Å². The van der Waals surface area contributed by atoms with Crippen molar-refractivity contribution in [2.75, 3.05) is 31.5 Å². The van der Waals surface area contributed by atoms with Gasteiger partial charge < -0.3 is 15.5 Å². The van der Waals surface area contributed by atoms with Crippen LogP contribution in [0, 0.1) is 6.92 Å². The quantitative estimate of drug-likeness (QED) is 0.546. The van der Waals surface area contributed by atoms with Gasteiger partial charge in [-0.1, -0.05) is 41.9 Å². The Morgan fingerprint density at radius 2 is 1.77 bits per heavy atom. The molecule has 2 aromatic rings. The standard InChI is InChI=1S/C23H33N5O2S/c1-18-10-12-19(13-11-18)25-22(30)23-27-26-21(31-23)9-6-8-20(29)24-14-7-17-28-15-4-2-3-5-16-28/h10-13H,2-9,14-17H2,1H3,(H,24,29)(H,25,30). The van der Waals surface area contributed by atoms with Crippen molar-refractivity contribution in [3.8, 4) is 0 Å². The second-order valence-corrected chi connectivity index (χ2v) is 9.20. The third kappa shape index (κ3) is 8.38. The van der Waals surface area contributed by atoms with E-state index in [9.17, 15) is 9.59 Å². The number of nitrogens with one attached hydrogen (secondary N) is 2. The molecule has 0 unspecified atom stereocenters. The number of carbonyl (C=O) groups excluding carboxylic acids is 2. The van der Waals surface area contributed by atoms with Crippen LogP contribution in [0.4, 0.5) is 5.69 Å². The molecular weight excluding hydrogens is 410 g/mol. The zero-order chi connectivity index (χ0) is 21.9. The molecule has 2 N–H and O–H groups in total. The first-order valence-electron chi connectivity index (χ1n) is 11.3. The zero-order valence-electron chi connectivity index (χ0n) is 18.4. The Morgan fingerprint density at radius 1 is 1.03 bits per heavy atom. The lowest BCUT2D eigenvalue weighted by atomic mass is 10.2. The minimum absolute atomic E-state index is 0.0812. The molecule has 3 rings (SSSR count). The second-order valence-electron chi connectivity index (χ2n) is 8.13. The van der Waals surface area contributed by atoms with Crippen molar-refractivity contribution < 1.29 is 9.59 Å². The average molecular weight is 444 g/mol. The molecule has 0 atom stereocenters. The van der Waals surface area contributed by atoms with Crippen LogP contribution in [-0.4, -0.2) is 53.1 Å². The summed E-state index contributed by atoms with van der Waals surface area (Å²) in [5, 5.41) is 15.1. The highest BCUT2D eigenvalue weighted by atomic mass is 32.1. The number of aryl methyl sites for hydroxylation is 2. The lowest BCUT2D eigenvalue weighted by molar-refractivity contribution is -0.121. The molecule has 8 heteroatoms. The number of carbonyl (C=O) groups is 2. The fourth-order valence-corrected chi connectivity index (χ4v) is 4.42. The number of aromatic nitrogens is 2. The smallest absolute Gasteiger partial charge is 0.286 e. The van der Waals surface area contributed by atoms with E-state index in [1.807, 2.05) is 31.2 Å². The van der Waals surface area contributed by atoms with Crippen molar-refractivity contribution in [2.45, 2.75) is 58.3 Å². The number of hydrogen-bond acceptors (Lipinski definition) is 6. The van der Waals surface area contributed by atoms with Gasteiger partial charge in [0.05, 0.1) is 0 Å². The Bertz CT molecular complexity index is 829. The van der Waals surface area contributed by atoms with Gasteiger partial charge in [-0.2, -0.15) is 0 Å². The SMILES string of the molecule is Cc1ccc(NC(=O)c2nnc(CCCC(=O)NCCCN3CCCCCC3)s2)cc1. The molecule has 1 aliphatic rings. The molecule has 1 aromatic heterocycles. The highest BCUT2D eigenvalue weighted by Crippen LogP contribution is 2.16. The lowest BCUT2D eigenvalue weighted by Crippen LogP contribution is -2.30. The van der Waals surface area contributed by atoms with E-state index in [1.54, 1.807) is 0 Å². The lowest BCUT2D eigenvalue weighted by Gasteiger charge is -2.19. The van der Waals surface area contributed by atoms with Crippen molar-refractivity contribution in [2.24, 2.45) is 0 Å². The van der Waals surface area contributed by atoms with Gasteiger partial charge in [0.1, 0.15) is 5.01 Å². The molecule has 0 spiro atoms. The summed E-state index contributed by atoms with van der Waals surface area (Å²) in [5.41, 5.74) is 1.87. The van der Waals surface area contributed by atoms with Gasteiger partial charge in [0.15, 0.2) is 0 Å². The van der Waals surface area contributed by atoms with E-state index in [1.165, 1.54) is 50.1 Å². The van der Waals surface area contributed by atoms with E-state index in [0.717, 1.165) is 35.8 Å². The van der Waals surface area contributed by atoms with Crippen LogP contribution >= 0.6 is 11.3 Å². The van der Waals surface area contributed by atoms with E-state index in [2.05, 4.69) is 25.7 Å². The summed E-state index contributed by atoms with van der Waals surface area (Å²) in [6.07, 6.45) is 8.11. The van der Waals surface area contributed by atoms with Crippen molar-refractivity contribution in [3.05, 3.63) is 39.8 Å². The van der Waals surface area contributed by atoms with E-state index >= 15 is 0 Å². The monoisotopic (exact) mass is 443 g/mol. The third-order valence-corrected chi connectivity index (χ3v) is 6.42. The summed E-state index contributed by atoms with van der Waals surface area (Å²) in [5.74, 6) is -0.174. The fraction of sp³-hybridized carbons (Fsp3) is 0.565. The van der Waals surface area contributed by atoms with Crippen LogP contribution < -0.4 is 10.6 Å². The molecule has 2 amide bonds. The summed E-state index contributed by atoms with van der Waals surface area (Å²) >= 11 is 1.28. The Morgan fingerprint density at radius 3 is 2.52 bits per heavy atom. The topological polar surface area (TPSA) is 87.2 Å². The molecule has 2 heterocycles. The van der Waals surface area contributed by atoms with Crippen LogP contribution in [0.2, 0.25) is 0 Å². The molecule has 1 saturated heterocycles. The molecule has 7 nitrogen and oxygen atoms in total. The molecular formula is C23H33N5O2S. The summed E-state index contributed by atoms with van der Waals surface area (Å²) < 4.78 is 0. The maximum atomic E-state index is 12.3. The van der Waals surface area contributed by atoms with E-state index in [-0.39, 0.29) is 11.8 Å². The highest BCUT2D eigenvalue weighted by molar-refractivity contribution is 7.13. The molecule has 1 fully saturated rings. The van der Waals surface area contributed by atoms with Crippen LogP contribution in [0.3, 0.4) is 0 Å². The molecule has 31 heavy (non-hydrogen) atoms. The van der Waals surface area contributed by atoms with Crippen LogP contribution in [0.5, 0.6) is 0 Å². The number of benzene rings is 1. The third-order valence-electron chi connectivity index (χ3n) is 5.44. The molecule has 0 radical (unpaired) electrons. The number of likely N-dealkylation sites (tertiary alicyclic amines) is 1. The zero-order valence-corrected chi connectivity index (χ0v) is 19.2. The maximum absolute atomic E-state index is 12.3. The number of hydrogen-bond donors (Lipinski definition) is 2. The Kier molecular flexibility index (Phi) is 9.42. The normalized spacial score (nSPS) is 14.7. The minimum atomic E-state index is -0.255. The predicted molar refractivity (Wildman–Crippen MR) is 125 cm³/mol. The molecule has 0 bridgehead atoms. The Balaban J connectivity index is 1.29. The van der Waals surface area contributed by atoms with Gasteiger partial charge in [-0.05, 0) is 64.4 Å². The molecule has 0 saturated carbocycles. The van der Waals surface area contributed by atoms with E-state index < -0.39 is 0 Å². The first-order chi connectivity index (χ1) is 15.1. The van der Waals surface area contributed by atoms with Gasteiger partial charge >= 0.3 is 0 Å². The number of rotatable bonds is 10. The largest absolute Gasteiger partial charge is 0.356 e. The number of anilines is 1. The van der Waals surface area contributed by atoms with Gasteiger partial charge in [0, 0.05) is 25.1 Å². The highest BCUT2D eigenvalue weighted by Gasteiger charge is 2.14. The molecule has 0 aliphatic carbocycles. The average Bonchev–Trinajstić information content (AvgIpc) is 3.08. The van der Waals surface area contributed by atoms with Gasteiger partial charge in [-0.25, -0.2) is 0 Å². The summed E-state index contributed by atoms with van der Waals surface area (Å²) in [6, 6.07) is 7.62. The van der Waals surface area contributed by atoms with Crippen LogP contribution in [-0.2, 0) is 11.2 Å². The number of amides is 2. The van der Waals surface area contributed by atoms with Crippen LogP contribution in [0.25, 0.3) is 0 Å². The molecule has 168 valence electrons. The van der Waals surface area contributed by atoms with Crippen LogP contribution in [0.1, 0.15) is 65.3 Å². The predicted octanol–water partition coefficient (Wildman–Crippen LogP) is 3.80. The van der Waals surface area contributed by atoms with Gasteiger partial charge in [0.25, 0.3) is 5.91 Å². The van der Waals surface area contributed by atoms with Crippen LogP contribution in [0.15, 0.2) is 24.3 Å². The van der Waals surface area contributed by atoms with Gasteiger partial charge in [0.2, 0.25) is 10.9 Å². The first-order valence-corrected chi connectivity index (χ1v) is 12.1. The Hall–Kier alpha value is -2.32.